The fourth-order valence-corrected chi connectivity index (χ4v) is 3.90. The second-order valence-electron chi connectivity index (χ2n) is 5.41. The molecule has 0 aliphatic heterocycles. The molecule has 0 aromatic rings. The summed E-state index contributed by atoms with van der Waals surface area (Å²) in [4.78, 5) is 0. The van der Waals surface area contributed by atoms with E-state index in [4.69, 9.17) is 0 Å². The largest absolute Gasteiger partial charge is 0.314 e. The van der Waals surface area contributed by atoms with E-state index in [1.807, 2.05) is 0 Å². The first-order valence-corrected chi connectivity index (χ1v) is 8.08. The number of hydrogen-bond donors (Lipinski definition) is 1. The highest BCUT2D eigenvalue weighted by Crippen LogP contribution is 2.35. The summed E-state index contributed by atoms with van der Waals surface area (Å²) in [6, 6.07) is 0.626. The third-order valence-electron chi connectivity index (χ3n) is 4.21. The Morgan fingerprint density at radius 3 is 2.76 bits per heavy atom. The first-order chi connectivity index (χ1) is 8.29. The highest BCUT2D eigenvalue weighted by atomic mass is 127. The van der Waals surface area contributed by atoms with Crippen LogP contribution in [0.3, 0.4) is 0 Å². The summed E-state index contributed by atoms with van der Waals surface area (Å²) in [6.45, 7) is 0. The average molecular weight is 345 g/mol. The molecular weight excluding hydrogens is 321 g/mol. The van der Waals surface area contributed by atoms with Gasteiger partial charge in [-0.3, -0.25) is 0 Å². The standard InChI is InChI=1S/C15H24IN/c1-17-14-10-7-12(8-11-14)6-9-13-4-2-3-5-15(13)16/h5,7,10,12-14,17H,2-4,6,8-9,11H2,1H3. The Labute approximate surface area is 119 Å². The smallest absolute Gasteiger partial charge is 0.0247 e. The summed E-state index contributed by atoms with van der Waals surface area (Å²) >= 11 is 2.56. The van der Waals surface area contributed by atoms with Gasteiger partial charge in [0.1, 0.15) is 0 Å². The highest BCUT2D eigenvalue weighted by Gasteiger charge is 2.19. The van der Waals surface area contributed by atoms with Crippen LogP contribution in [0.1, 0.15) is 44.9 Å². The number of halogens is 1. The molecule has 2 aliphatic carbocycles. The lowest BCUT2D eigenvalue weighted by atomic mass is 9.84. The van der Waals surface area contributed by atoms with Gasteiger partial charge < -0.3 is 5.32 Å². The summed E-state index contributed by atoms with van der Waals surface area (Å²) in [6.07, 6.45) is 16.9. The maximum Gasteiger partial charge on any atom is 0.0247 e. The molecule has 2 heteroatoms. The molecule has 3 atom stereocenters. The van der Waals surface area contributed by atoms with Crippen molar-refractivity contribution in [2.24, 2.45) is 11.8 Å². The van der Waals surface area contributed by atoms with Gasteiger partial charge in [-0.05, 0) is 90.0 Å². The van der Waals surface area contributed by atoms with Gasteiger partial charge in [-0.2, -0.15) is 0 Å². The minimum atomic E-state index is 0.626. The van der Waals surface area contributed by atoms with Crippen molar-refractivity contribution in [1.82, 2.24) is 5.32 Å². The highest BCUT2D eigenvalue weighted by molar-refractivity contribution is 14.1. The molecule has 0 spiro atoms. The zero-order valence-electron chi connectivity index (χ0n) is 10.8. The van der Waals surface area contributed by atoms with Crippen LogP contribution in [-0.2, 0) is 0 Å². The number of rotatable bonds is 4. The predicted molar refractivity (Wildman–Crippen MR) is 83.4 cm³/mol. The number of hydrogen-bond acceptors (Lipinski definition) is 1. The topological polar surface area (TPSA) is 12.0 Å². The van der Waals surface area contributed by atoms with Gasteiger partial charge >= 0.3 is 0 Å². The molecule has 0 fully saturated rings. The molecule has 1 N–H and O–H groups in total. The van der Waals surface area contributed by atoms with Crippen molar-refractivity contribution >= 4 is 22.6 Å². The molecule has 2 rings (SSSR count). The Morgan fingerprint density at radius 1 is 1.24 bits per heavy atom. The molecule has 0 aromatic carbocycles. The van der Waals surface area contributed by atoms with Gasteiger partial charge in [0.05, 0.1) is 0 Å². The van der Waals surface area contributed by atoms with Crippen molar-refractivity contribution in [2.75, 3.05) is 7.05 Å². The van der Waals surface area contributed by atoms with Crippen LogP contribution in [-0.4, -0.2) is 13.1 Å². The summed E-state index contributed by atoms with van der Waals surface area (Å²) in [5.74, 6) is 1.71. The molecule has 96 valence electrons. The van der Waals surface area contributed by atoms with Gasteiger partial charge in [-0.25, -0.2) is 0 Å². The Balaban J connectivity index is 1.75. The molecule has 0 radical (unpaired) electrons. The van der Waals surface area contributed by atoms with E-state index in [-0.39, 0.29) is 0 Å². The van der Waals surface area contributed by atoms with E-state index < -0.39 is 0 Å². The van der Waals surface area contributed by atoms with Crippen molar-refractivity contribution in [1.29, 1.82) is 0 Å². The maximum atomic E-state index is 3.34. The molecule has 0 saturated heterocycles. The van der Waals surface area contributed by atoms with Crippen LogP contribution in [0, 0.1) is 11.8 Å². The average Bonchev–Trinajstić information content (AvgIpc) is 2.38. The van der Waals surface area contributed by atoms with E-state index in [1.54, 1.807) is 3.58 Å². The molecule has 0 amide bonds. The maximum absolute atomic E-state index is 3.34. The van der Waals surface area contributed by atoms with Crippen molar-refractivity contribution < 1.29 is 0 Å². The lowest BCUT2D eigenvalue weighted by Gasteiger charge is -2.25. The Morgan fingerprint density at radius 2 is 2.12 bits per heavy atom. The number of likely N-dealkylation sites (N-methyl/N-ethyl adjacent to an activating group) is 1. The first-order valence-electron chi connectivity index (χ1n) is 7.00. The van der Waals surface area contributed by atoms with Crippen molar-refractivity contribution in [3.63, 3.8) is 0 Å². The molecule has 0 bridgehead atoms. The van der Waals surface area contributed by atoms with Crippen molar-refractivity contribution in [2.45, 2.75) is 51.0 Å². The van der Waals surface area contributed by atoms with Gasteiger partial charge in [0.2, 0.25) is 0 Å². The Bertz CT molecular complexity index is 295. The van der Waals surface area contributed by atoms with E-state index in [1.165, 1.54) is 44.9 Å². The molecule has 1 nitrogen and oxygen atoms in total. The zero-order valence-corrected chi connectivity index (χ0v) is 12.9. The van der Waals surface area contributed by atoms with Crippen LogP contribution < -0.4 is 5.32 Å². The van der Waals surface area contributed by atoms with Crippen molar-refractivity contribution in [3.8, 4) is 0 Å². The van der Waals surface area contributed by atoms with E-state index in [9.17, 15) is 0 Å². The van der Waals surface area contributed by atoms with Crippen LogP contribution in [0.4, 0.5) is 0 Å². The van der Waals surface area contributed by atoms with Crippen LogP contribution in [0.5, 0.6) is 0 Å². The van der Waals surface area contributed by atoms with E-state index >= 15 is 0 Å². The van der Waals surface area contributed by atoms with Gasteiger partial charge in [-0.1, -0.05) is 18.2 Å². The van der Waals surface area contributed by atoms with E-state index in [0.717, 1.165) is 11.8 Å². The van der Waals surface area contributed by atoms with E-state index in [0.29, 0.717) is 6.04 Å². The van der Waals surface area contributed by atoms with Crippen LogP contribution in [0.15, 0.2) is 21.8 Å². The number of allylic oxidation sites excluding steroid dienone is 3. The first kappa shape index (κ1) is 13.6. The van der Waals surface area contributed by atoms with Crippen LogP contribution >= 0.6 is 22.6 Å². The fourth-order valence-electron chi connectivity index (χ4n) is 2.96. The van der Waals surface area contributed by atoms with Gasteiger partial charge in [0, 0.05) is 6.04 Å². The van der Waals surface area contributed by atoms with E-state index in [2.05, 4.69) is 53.2 Å². The molecule has 17 heavy (non-hydrogen) atoms. The summed E-state index contributed by atoms with van der Waals surface area (Å²) in [5.41, 5.74) is 0. The van der Waals surface area contributed by atoms with Gasteiger partial charge in [-0.15, -0.1) is 0 Å². The van der Waals surface area contributed by atoms with Crippen LogP contribution in [0.2, 0.25) is 0 Å². The lowest BCUT2D eigenvalue weighted by molar-refractivity contribution is 0.401. The van der Waals surface area contributed by atoms with Crippen molar-refractivity contribution in [3.05, 3.63) is 21.8 Å². The molecule has 3 unspecified atom stereocenters. The molecular formula is C15H24IN. The summed E-state index contributed by atoms with van der Waals surface area (Å²) in [5, 5.41) is 3.34. The lowest BCUT2D eigenvalue weighted by Crippen LogP contribution is -2.26. The minimum absolute atomic E-state index is 0.626. The minimum Gasteiger partial charge on any atom is -0.314 e. The monoisotopic (exact) mass is 345 g/mol. The molecule has 2 aliphatic rings. The Kier molecular flexibility index (Phi) is 5.54. The quantitative estimate of drug-likeness (QED) is 0.587. The zero-order chi connectivity index (χ0) is 12.1. The van der Waals surface area contributed by atoms with Gasteiger partial charge in [0.25, 0.3) is 0 Å². The fraction of sp³-hybridized carbons (Fsp3) is 0.733. The normalized spacial score (nSPS) is 33.5. The second-order valence-corrected chi connectivity index (χ2v) is 6.66. The number of nitrogens with one attached hydrogen (secondary N) is 1. The summed E-state index contributed by atoms with van der Waals surface area (Å²) < 4.78 is 1.63. The SMILES string of the molecule is CNC1C=CC(CCC2CCCC=C2I)CC1. The summed E-state index contributed by atoms with van der Waals surface area (Å²) in [7, 11) is 2.06. The second kappa shape index (κ2) is 6.93. The molecule has 0 aromatic heterocycles. The Hall–Kier alpha value is 0.170. The molecule has 0 saturated carbocycles. The third-order valence-corrected chi connectivity index (χ3v) is 5.53. The predicted octanol–water partition coefficient (Wildman–Crippen LogP) is 4.44. The van der Waals surface area contributed by atoms with Gasteiger partial charge in [0.15, 0.2) is 0 Å². The van der Waals surface area contributed by atoms with Crippen LogP contribution in [0.25, 0.3) is 0 Å². The molecule has 0 heterocycles. The third kappa shape index (κ3) is 4.09.